The minimum atomic E-state index is -0.0485. The standard InChI is InChI=1S/C15H10BrNOS/c16-10-5-3-4-9(8-10)13-15(19)14(18)11-6-1-2-7-12(11)17-13/h1-8,19H,(H,17,18). The number of aromatic amines is 1. The Labute approximate surface area is 124 Å². The zero-order valence-electron chi connectivity index (χ0n) is 9.85. The van der Waals surface area contributed by atoms with Crippen molar-refractivity contribution in [1.29, 1.82) is 0 Å². The fourth-order valence-corrected chi connectivity index (χ4v) is 2.78. The number of hydrogen-bond donors (Lipinski definition) is 2. The third-order valence-corrected chi connectivity index (χ3v) is 3.92. The fourth-order valence-electron chi connectivity index (χ4n) is 2.08. The summed E-state index contributed by atoms with van der Waals surface area (Å²) in [6.45, 7) is 0. The van der Waals surface area contributed by atoms with Gasteiger partial charge in [0, 0.05) is 20.9 Å². The Bertz CT molecular complexity index is 826. The number of para-hydroxylation sites is 1. The van der Waals surface area contributed by atoms with Gasteiger partial charge in [-0.05, 0) is 24.3 Å². The third-order valence-electron chi connectivity index (χ3n) is 3.00. The van der Waals surface area contributed by atoms with E-state index in [0.29, 0.717) is 10.3 Å². The Morgan fingerprint density at radius 3 is 2.63 bits per heavy atom. The van der Waals surface area contributed by atoms with Gasteiger partial charge in [-0.15, -0.1) is 12.6 Å². The predicted octanol–water partition coefficient (Wildman–Crippen LogP) is 4.25. The van der Waals surface area contributed by atoms with Crippen molar-refractivity contribution in [1.82, 2.24) is 4.98 Å². The minimum Gasteiger partial charge on any atom is -0.353 e. The molecule has 0 amide bonds. The van der Waals surface area contributed by atoms with E-state index >= 15 is 0 Å². The molecule has 94 valence electrons. The molecular weight excluding hydrogens is 322 g/mol. The minimum absolute atomic E-state index is 0.0485. The fraction of sp³-hybridized carbons (Fsp3) is 0. The van der Waals surface area contributed by atoms with E-state index in [1.807, 2.05) is 42.5 Å². The van der Waals surface area contributed by atoms with Crippen LogP contribution in [0.3, 0.4) is 0 Å². The van der Waals surface area contributed by atoms with Crippen molar-refractivity contribution in [3.05, 3.63) is 63.2 Å². The maximum absolute atomic E-state index is 12.3. The Morgan fingerprint density at radius 1 is 1.05 bits per heavy atom. The van der Waals surface area contributed by atoms with Gasteiger partial charge in [0.05, 0.1) is 10.6 Å². The van der Waals surface area contributed by atoms with Crippen molar-refractivity contribution in [3.8, 4) is 11.3 Å². The third kappa shape index (κ3) is 2.22. The van der Waals surface area contributed by atoms with Gasteiger partial charge in [-0.2, -0.15) is 0 Å². The number of halogens is 1. The lowest BCUT2D eigenvalue weighted by molar-refractivity contribution is 1.27. The monoisotopic (exact) mass is 331 g/mol. The quantitative estimate of drug-likeness (QED) is 0.642. The van der Waals surface area contributed by atoms with Crippen LogP contribution in [0.2, 0.25) is 0 Å². The summed E-state index contributed by atoms with van der Waals surface area (Å²) in [5, 5.41) is 0.659. The molecule has 2 aromatic carbocycles. The Balaban J connectivity index is 2.36. The van der Waals surface area contributed by atoms with Crippen LogP contribution < -0.4 is 5.43 Å². The van der Waals surface area contributed by atoms with Crippen LogP contribution in [0.5, 0.6) is 0 Å². The smallest absolute Gasteiger partial charge is 0.203 e. The molecule has 2 nitrogen and oxygen atoms in total. The van der Waals surface area contributed by atoms with E-state index in [4.69, 9.17) is 0 Å². The van der Waals surface area contributed by atoms with Gasteiger partial charge < -0.3 is 4.98 Å². The van der Waals surface area contributed by atoms with Gasteiger partial charge in [0.1, 0.15) is 0 Å². The SMILES string of the molecule is O=c1c(S)c(-c2cccc(Br)c2)[nH]c2ccccc12. The highest BCUT2D eigenvalue weighted by Gasteiger charge is 2.10. The zero-order valence-corrected chi connectivity index (χ0v) is 12.3. The largest absolute Gasteiger partial charge is 0.353 e. The summed E-state index contributed by atoms with van der Waals surface area (Å²) in [7, 11) is 0. The van der Waals surface area contributed by atoms with Gasteiger partial charge in [0.15, 0.2) is 0 Å². The molecule has 1 heterocycles. The molecule has 0 aliphatic heterocycles. The lowest BCUT2D eigenvalue weighted by atomic mass is 10.1. The maximum Gasteiger partial charge on any atom is 0.203 e. The molecule has 0 aliphatic rings. The van der Waals surface area contributed by atoms with Crippen LogP contribution in [-0.4, -0.2) is 4.98 Å². The van der Waals surface area contributed by atoms with Crippen molar-refractivity contribution in [3.63, 3.8) is 0 Å². The highest BCUT2D eigenvalue weighted by Crippen LogP contribution is 2.26. The summed E-state index contributed by atoms with van der Waals surface area (Å²) in [5.41, 5.74) is 2.45. The van der Waals surface area contributed by atoms with Crippen LogP contribution >= 0.6 is 28.6 Å². The normalized spacial score (nSPS) is 10.8. The topological polar surface area (TPSA) is 32.9 Å². The number of hydrogen-bond acceptors (Lipinski definition) is 2. The Morgan fingerprint density at radius 2 is 1.84 bits per heavy atom. The first kappa shape index (κ1) is 12.5. The van der Waals surface area contributed by atoms with E-state index in [9.17, 15) is 4.79 Å². The molecular formula is C15H10BrNOS. The predicted molar refractivity (Wildman–Crippen MR) is 85.0 cm³/mol. The first-order chi connectivity index (χ1) is 9.16. The molecule has 1 aromatic heterocycles. The van der Waals surface area contributed by atoms with Gasteiger partial charge in [0.2, 0.25) is 5.43 Å². The van der Waals surface area contributed by atoms with E-state index in [1.54, 1.807) is 6.07 Å². The number of nitrogens with one attached hydrogen (secondary N) is 1. The first-order valence-electron chi connectivity index (χ1n) is 5.77. The van der Waals surface area contributed by atoms with Crippen molar-refractivity contribution in [2.24, 2.45) is 0 Å². The molecule has 0 unspecified atom stereocenters. The lowest BCUT2D eigenvalue weighted by Crippen LogP contribution is -2.06. The molecule has 0 radical (unpaired) electrons. The summed E-state index contributed by atoms with van der Waals surface area (Å²) in [5.74, 6) is 0. The second-order valence-electron chi connectivity index (χ2n) is 4.23. The molecule has 4 heteroatoms. The summed E-state index contributed by atoms with van der Waals surface area (Å²) in [6, 6.07) is 15.2. The second kappa shape index (κ2) is 4.87. The first-order valence-corrected chi connectivity index (χ1v) is 7.01. The zero-order chi connectivity index (χ0) is 13.4. The molecule has 0 atom stereocenters. The second-order valence-corrected chi connectivity index (χ2v) is 5.60. The molecule has 3 rings (SSSR count). The number of aromatic nitrogens is 1. The average Bonchev–Trinajstić information content (AvgIpc) is 2.43. The van der Waals surface area contributed by atoms with Crippen molar-refractivity contribution < 1.29 is 0 Å². The van der Waals surface area contributed by atoms with E-state index in [-0.39, 0.29) is 5.43 Å². The van der Waals surface area contributed by atoms with E-state index in [2.05, 4.69) is 33.5 Å². The van der Waals surface area contributed by atoms with E-state index in [1.165, 1.54) is 0 Å². The number of H-pyrrole nitrogens is 1. The van der Waals surface area contributed by atoms with Gasteiger partial charge in [0.25, 0.3) is 0 Å². The van der Waals surface area contributed by atoms with Crippen molar-refractivity contribution >= 4 is 39.5 Å². The molecule has 0 spiro atoms. The van der Waals surface area contributed by atoms with Crippen molar-refractivity contribution in [2.45, 2.75) is 4.90 Å². The highest BCUT2D eigenvalue weighted by atomic mass is 79.9. The van der Waals surface area contributed by atoms with Crippen LogP contribution in [0.25, 0.3) is 22.2 Å². The van der Waals surface area contributed by atoms with Crippen LogP contribution in [0.4, 0.5) is 0 Å². The average molecular weight is 332 g/mol. The summed E-state index contributed by atoms with van der Waals surface area (Å²) in [6.07, 6.45) is 0. The summed E-state index contributed by atoms with van der Waals surface area (Å²) < 4.78 is 0.965. The lowest BCUT2D eigenvalue weighted by Gasteiger charge is -2.08. The van der Waals surface area contributed by atoms with Crippen molar-refractivity contribution in [2.75, 3.05) is 0 Å². The molecule has 3 aromatic rings. The van der Waals surface area contributed by atoms with Crippen LogP contribution in [-0.2, 0) is 0 Å². The molecule has 19 heavy (non-hydrogen) atoms. The molecule has 0 saturated heterocycles. The molecule has 1 N–H and O–H groups in total. The van der Waals surface area contributed by atoms with E-state index < -0.39 is 0 Å². The maximum atomic E-state index is 12.3. The Hall–Kier alpha value is -1.52. The number of thiol groups is 1. The van der Waals surface area contributed by atoms with Gasteiger partial charge >= 0.3 is 0 Å². The van der Waals surface area contributed by atoms with Crippen LogP contribution in [0.15, 0.2) is 62.7 Å². The number of fused-ring (bicyclic) bond motifs is 1. The molecule has 0 aliphatic carbocycles. The Kier molecular flexibility index (Phi) is 3.21. The number of rotatable bonds is 1. The molecule has 0 bridgehead atoms. The number of pyridine rings is 1. The van der Waals surface area contributed by atoms with Gasteiger partial charge in [-0.3, -0.25) is 4.79 Å². The molecule has 0 saturated carbocycles. The van der Waals surface area contributed by atoms with Crippen LogP contribution in [0.1, 0.15) is 0 Å². The van der Waals surface area contributed by atoms with E-state index in [0.717, 1.165) is 21.2 Å². The van der Waals surface area contributed by atoms with Gasteiger partial charge in [-0.25, -0.2) is 0 Å². The molecule has 0 fully saturated rings. The number of benzene rings is 2. The highest BCUT2D eigenvalue weighted by molar-refractivity contribution is 9.10. The summed E-state index contributed by atoms with van der Waals surface area (Å²) in [4.78, 5) is 16.0. The van der Waals surface area contributed by atoms with Crippen LogP contribution in [0, 0.1) is 0 Å². The van der Waals surface area contributed by atoms with Gasteiger partial charge in [-0.1, -0.05) is 40.2 Å². The summed E-state index contributed by atoms with van der Waals surface area (Å²) >= 11 is 7.81.